The molecular weight excluding hydrogens is 1240 g/mol. The highest BCUT2D eigenvalue weighted by Crippen LogP contribution is 2.32. The second kappa shape index (κ2) is 31.2. The Morgan fingerprint density at radius 3 is 1.16 bits per heavy atom. The first-order valence-corrected chi connectivity index (χ1v) is 32.1. The van der Waals surface area contributed by atoms with Crippen molar-refractivity contribution in [3.8, 4) is 0 Å². The molecule has 3 fully saturated rings. The van der Waals surface area contributed by atoms with Crippen molar-refractivity contribution in [3.63, 3.8) is 0 Å². The van der Waals surface area contributed by atoms with Crippen molar-refractivity contribution in [1.29, 1.82) is 0 Å². The second-order valence-electron chi connectivity index (χ2n) is 22.4. The molecule has 0 spiro atoms. The number of ether oxygens (including phenoxy) is 3. The van der Waals surface area contributed by atoms with Crippen LogP contribution in [0.5, 0.6) is 0 Å². The van der Waals surface area contributed by atoms with E-state index in [0.29, 0.717) is 115 Å². The maximum atomic E-state index is 13.5. The van der Waals surface area contributed by atoms with Gasteiger partial charge in [-0.25, -0.2) is 47.9 Å². The van der Waals surface area contributed by atoms with Crippen LogP contribution in [0, 0.1) is 56.0 Å². The Morgan fingerprint density at radius 1 is 0.505 bits per heavy atom. The van der Waals surface area contributed by atoms with E-state index >= 15 is 0 Å². The molecule has 9 aromatic rings. The van der Waals surface area contributed by atoms with Gasteiger partial charge in [-0.3, -0.25) is 24.5 Å². The maximum absolute atomic E-state index is 13.5. The second-order valence-corrected chi connectivity index (χ2v) is 26.0. The minimum absolute atomic E-state index is 0.104. The van der Waals surface area contributed by atoms with Crippen LogP contribution in [-0.4, -0.2) is 160 Å². The number of nitrogens with zero attached hydrogens (tertiary/aromatic N) is 14. The number of halogens is 3. The van der Waals surface area contributed by atoms with Gasteiger partial charge in [0.15, 0.2) is 34.0 Å². The summed E-state index contributed by atoms with van der Waals surface area (Å²) in [6, 6.07) is 3.20. The lowest BCUT2D eigenvalue weighted by Crippen LogP contribution is -2.30. The number of likely N-dealkylation sites (tertiary alicyclic amines) is 2. The zero-order valence-corrected chi connectivity index (χ0v) is 54.3. The number of hydrogen-bond donors (Lipinski definition) is 4. The van der Waals surface area contributed by atoms with E-state index in [2.05, 4.69) is 75.8 Å². The molecule has 3 aliphatic rings. The number of rotatable bonds is 18. The minimum Gasteiger partial charge on any atom is -0.476 e. The van der Waals surface area contributed by atoms with Gasteiger partial charge < -0.3 is 45.1 Å². The van der Waals surface area contributed by atoms with E-state index in [4.69, 9.17) is 14.2 Å². The predicted molar refractivity (Wildman–Crippen MR) is 341 cm³/mol. The maximum Gasteiger partial charge on any atom is 0.356 e. The van der Waals surface area contributed by atoms with Gasteiger partial charge in [0.05, 0.1) is 65.0 Å². The van der Waals surface area contributed by atoms with Gasteiger partial charge in [0.1, 0.15) is 31.6 Å². The summed E-state index contributed by atoms with van der Waals surface area (Å²) in [4.78, 5) is 92.4. The fraction of sp³-hybridized carbons (Fsp3) is 0.459. The molecule has 2 amide bonds. The number of carbonyl (C=O) groups excluding carboxylic acids is 2. The van der Waals surface area contributed by atoms with Gasteiger partial charge in [-0.2, -0.15) is 15.0 Å². The van der Waals surface area contributed by atoms with Crippen LogP contribution >= 0.6 is 34.0 Å². The van der Waals surface area contributed by atoms with Gasteiger partial charge in [-0.05, 0) is 108 Å². The topological polar surface area (TPSA) is 296 Å². The van der Waals surface area contributed by atoms with Gasteiger partial charge in [-0.1, -0.05) is 12.8 Å². The van der Waals surface area contributed by atoms with Crippen LogP contribution in [0.4, 0.5) is 31.0 Å². The highest BCUT2D eigenvalue weighted by molar-refractivity contribution is 7.19. The lowest BCUT2D eigenvalue weighted by atomic mass is 10.1. The van der Waals surface area contributed by atoms with Crippen LogP contribution in [-0.2, 0) is 14.2 Å². The Bertz CT molecular complexity index is 3820. The third kappa shape index (κ3) is 17.7. The molecule has 2 saturated heterocycles. The Hall–Kier alpha value is -8.16. The summed E-state index contributed by atoms with van der Waals surface area (Å²) in [5.41, 5.74) is 3.78. The van der Waals surface area contributed by atoms with Crippen LogP contribution < -0.4 is 16.0 Å². The van der Waals surface area contributed by atoms with Crippen molar-refractivity contribution in [2.75, 3.05) is 83.3 Å². The highest BCUT2D eigenvalue weighted by Gasteiger charge is 2.32. The molecule has 5 atom stereocenters. The number of fused-ring (bicyclic) bond motifs is 3. The normalized spacial score (nSPS) is 16.6. The largest absolute Gasteiger partial charge is 0.476 e. The van der Waals surface area contributed by atoms with E-state index in [9.17, 15) is 32.7 Å². The molecule has 482 valence electrons. The molecule has 2 aliphatic heterocycles. The number of nitrogens with one attached hydrogen (secondary N) is 3. The Labute approximate surface area is 535 Å². The number of methoxy groups -OCH3 is 3. The van der Waals surface area contributed by atoms with Crippen molar-refractivity contribution in [2.45, 2.75) is 98.2 Å². The number of carboxylic acid groups (broad SMARTS) is 1. The first-order valence-electron chi connectivity index (χ1n) is 29.6. The molecule has 1 aliphatic carbocycles. The summed E-state index contributed by atoms with van der Waals surface area (Å²) < 4.78 is 57.6. The van der Waals surface area contributed by atoms with Gasteiger partial charge in [0, 0.05) is 84.5 Å². The summed E-state index contributed by atoms with van der Waals surface area (Å²) in [6.45, 7) is 15.9. The standard InChI is InChI=1S/2C20H23FN6O2S.C14H12FN5O2S.C7H14O/c2*1-11(14-6-15(21)8-22-7-14)23-20-25-16(17-18(26-20)24-12(2)30-17)19(28)27-5-4-13(9-27)10-29-3;1-6(8-3-9(15)5-16-4-8)17-14-19-10(13(21)22)11-12(20-14)18-7(2)23-11;1-8-6-7-4-2-3-5-7/h2*6-8,11,13H,4-5,9-10H2,1-3H3,(H,23,25,26);3-6H,1-2H3,(H,21,22)(H,17,19,20);7H,2-6H2,1H3/t2*11-,13+;6-;/m000./s1. The van der Waals surface area contributed by atoms with Crippen LogP contribution in [0.3, 0.4) is 0 Å². The molecule has 11 heterocycles. The number of aromatic carboxylic acids is 1. The molecule has 0 radical (unpaired) electrons. The number of pyridine rings is 3. The fourth-order valence-electron chi connectivity index (χ4n) is 10.7. The number of thiazole rings is 3. The van der Waals surface area contributed by atoms with Gasteiger partial charge in [-0.15, -0.1) is 34.0 Å². The average molecular weight is 1310 g/mol. The van der Waals surface area contributed by atoms with E-state index in [1.807, 2.05) is 37.5 Å². The van der Waals surface area contributed by atoms with E-state index in [1.54, 1.807) is 47.6 Å². The molecule has 30 heteroatoms. The molecule has 0 unspecified atom stereocenters. The van der Waals surface area contributed by atoms with Gasteiger partial charge in [0.25, 0.3) is 11.8 Å². The minimum atomic E-state index is -1.15. The number of hydrogen-bond acceptors (Lipinski definition) is 24. The zero-order valence-electron chi connectivity index (χ0n) is 51.9. The Balaban J connectivity index is 0.000000153. The van der Waals surface area contributed by atoms with Crippen molar-refractivity contribution in [2.24, 2.45) is 17.8 Å². The monoisotopic (exact) mass is 1310 g/mol. The lowest BCUT2D eigenvalue weighted by Gasteiger charge is -2.18. The quantitative estimate of drug-likeness (QED) is 0.0620. The van der Waals surface area contributed by atoms with Crippen molar-refractivity contribution in [3.05, 3.63) is 122 Å². The SMILES string of the molecule is COCC1CCCC1.COC[C@@H]1CCN(C(=O)c2nc(N[C@@H](C)c3cncc(F)c3)nc3nc(C)sc23)C1.COC[C@@H]1CCN(C(=O)c2nc(N[C@@H](C)c3cncc(F)c3)nc3nc(C)sc23)C1.Cc1nc2nc(N[C@@H](C)c3cncc(F)c3)nc(C(=O)O)c2s1. The molecule has 4 N–H and O–H groups in total. The Morgan fingerprint density at radius 2 is 0.835 bits per heavy atom. The first kappa shape index (κ1) is 67.2. The van der Waals surface area contributed by atoms with E-state index in [-0.39, 0.29) is 53.5 Å². The summed E-state index contributed by atoms with van der Waals surface area (Å²) in [6.07, 6.45) is 15.6. The molecule has 0 bridgehead atoms. The van der Waals surface area contributed by atoms with E-state index < -0.39 is 23.4 Å². The van der Waals surface area contributed by atoms with Crippen molar-refractivity contribution < 1.29 is 46.9 Å². The number of carboxylic acids is 1. The third-order valence-electron chi connectivity index (χ3n) is 15.2. The van der Waals surface area contributed by atoms with Crippen molar-refractivity contribution in [1.82, 2.24) is 69.6 Å². The van der Waals surface area contributed by atoms with Gasteiger partial charge >= 0.3 is 5.97 Å². The molecule has 91 heavy (non-hydrogen) atoms. The zero-order chi connectivity index (χ0) is 64.9. The third-order valence-corrected chi connectivity index (χ3v) is 18.1. The lowest BCUT2D eigenvalue weighted by molar-refractivity contribution is 0.0691. The molecule has 9 aromatic heterocycles. The summed E-state index contributed by atoms with van der Waals surface area (Å²) in [7, 11) is 5.13. The molecule has 0 aromatic carbocycles. The summed E-state index contributed by atoms with van der Waals surface area (Å²) >= 11 is 4.04. The van der Waals surface area contributed by atoms with Crippen LogP contribution in [0.25, 0.3) is 31.0 Å². The number of aryl methyl sites for hydroxylation is 3. The van der Waals surface area contributed by atoms with Crippen LogP contribution in [0.15, 0.2) is 55.4 Å². The molecule has 12 rings (SSSR count). The van der Waals surface area contributed by atoms with E-state index in [1.165, 1.54) is 84.1 Å². The summed E-state index contributed by atoms with van der Waals surface area (Å²) in [5, 5.41) is 20.9. The number of aromatic nitrogens is 12. The first-order chi connectivity index (χ1) is 43.7. The summed E-state index contributed by atoms with van der Waals surface area (Å²) in [5.74, 6) is -0.460. The average Bonchev–Trinajstić information content (AvgIpc) is 2.37. The fourth-order valence-corrected chi connectivity index (χ4v) is 13.2. The molecule has 24 nitrogen and oxygen atoms in total. The predicted octanol–water partition coefficient (Wildman–Crippen LogP) is 11.0. The smallest absolute Gasteiger partial charge is 0.356 e. The van der Waals surface area contributed by atoms with Crippen LogP contribution in [0.1, 0.15) is 141 Å². The molecule has 1 saturated carbocycles. The van der Waals surface area contributed by atoms with Crippen molar-refractivity contribution >= 4 is 101 Å². The Kier molecular flexibility index (Phi) is 23.1. The number of carbonyl (C=O) groups is 3. The number of anilines is 3. The van der Waals surface area contributed by atoms with Crippen LogP contribution in [0.2, 0.25) is 0 Å². The highest BCUT2D eigenvalue weighted by atomic mass is 32.1. The number of amides is 2. The van der Waals surface area contributed by atoms with Gasteiger partial charge in [0.2, 0.25) is 17.8 Å². The molecular formula is C61H72F3N17O7S3. The van der Waals surface area contributed by atoms with E-state index in [0.717, 1.165) is 54.0 Å².